The van der Waals surface area contributed by atoms with Crippen LogP contribution >= 0.6 is 11.3 Å². The Balaban J connectivity index is 1.45. The van der Waals surface area contributed by atoms with Crippen LogP contribution in [0.1, 0.15) is 50.2 Å². The minimum atomic E-state index is -0.777. The Kier molecular flexibility index (Phi) is 7.11. The number of aryl methyl sites for hydroxylation is 1. The maximum absolute atomic E-state index is 16.9. The molecule has 2 fully saturated rings. The molecule has 0 aliphatic carbocycles. The third kappa shape index (κ3) is 4.41. The van der Waals surface area contributed by atoms with Gasteiger partial charge in [-0.05, 0) is 57.3 Å². The first-order chi connectivity index (χ1) is 20.9. The lowest BCUT2D eigenvalue weighted by molar-refractivity contribution is 0.0828. The number of halogens is 2. The molecule has 0 saturated carbocycles. The van der Waals surface area contributed by atoms with Crippen LogP contribution in [0, 0.1) is 23.0 Å². The SMILES string of the molecule is CCCC1(COc2nc3c4c(c(F)c(-c5cccc6sc(N)c(C#N)c56)c(F)c4n2)CCC2CNCCN32)CCCN1C. The molecule has 3 aliphatic heterocycles. The number of benzene rings is 2. The molecule has 2 aromatic carbocycles. The fourth-order valence-corrected chi connectivity index (χ4v) is 8.43. The summed E-state index contributed by atoms with van der Waals surface area (Å²) in [4.78, 5) is 14.1. The average molecular weight is 604 g/mol. The van der Waals surface area contributed by atoms with Gasteiger partial charge in [-0.25, -0.2) is 8.78 Å². The summed E-state index contributed by atoms with van der Waals surface area (Å²) in [5, 5.41) is 14.5. The van der Waals surface area contributed by atoms with E-state index in [-0.39, 0.29) is 34.2 Å². The third-order valence-electron chi connectivity index (χ3n) is 9.69. The smallest absolute Gasteiger partial charge is 0.319 e. The number of nitrogens with zero attached hydrogens (tertiary/aromatic N) is 5. The first-order valence-electron chi connectivity index (χ1n) is 15.1. The van der Waals surface area contributed by atoms with Gasteiger partial charge < -0.3 is 20.7 Å². The Hall–Kier alpha value is -3.59. The number of piperazine rings is 1. The fraction of sp³-hybridized carbons (Fsp3) is 0.469. The molecule has 43 heavy (non-hydrogen) atoms. The number of nitrogen functional groups attached to an aromatic ring is 1. The van der Waals surface area contributed by atoms with Crippen LogP contribution in [0.5, 0.6) is 6.01 Å². The van der Waals surface area contributed by atoms with Crippen LogP contribution in [-0.4, -0.2) is 66.3 Å². The molecule has 8 nitrogen and oxygen atoms in total. The van der Waals surface area contributed by atoms with Crippen molar-refractivity contribution in [2.45, 2.75) is 57.0 Å². The number of hydrogen-bond acceptors (Lipinski definition) is 9. The maximum Gasteiger partial charge on any atom is 0.319 e. The summed E-state index contributed by atoms with van der Waals surface area (Å²) in [6.45, 7) is 5.72. The number of anilines is 2. The van der Waals surface area contributed by atoms with Crippen molar-refractivity contribution in [3.63, 3.8) is 0 Å². The topological polar surface area (TPSA) is 103 Å². The molecule has 2 atom stereocenters. The van der Waals surface area contributed by atoms with Crippen LogP contribution in [0.15, 0.2) is 18.2 Å². The van der Waals surface area contributed by atoms with Crippen LogP contribution in [0.3, 0.4) is 0 Å². The molecule has 0 bridgehead atoms. The van der Waals surface area contributed by atoms with E-state index in [4.69, 9.17) is 15.5 Å². The number of nitrogens with two attached hydrogens (primary N) is 1. The van der Waals surface area contributed by atoms with Gasteiger partial charge in [-0.2, -0.15) is 15.2 Å². The van der Waals surface area contributed by atoms with Gasteiger partial charge in [-0.15, -0.1) is 11.3 Å². The number of rotatable bonds is 6. The second-order valence-electron chi connectivity index (χ2n) is 12.0. The van der Waals surface area contributed by atoms with E-state index in [1.807, 2.05) is 6.07 Å². The van der Waals surface area contributed by atoms with Gasteiger partial charge in [0.15, 0.2) is 5.82 Å². The van der Waals surface area contributed by atoms with Crippen molar-refractivity contribution in [3.8, 4) is 23.2 Å². The molecular weight excluding hydrogens is 568 g/mol. The van der Waals surface area contributed by atoms with Crippen molar-refractivity contribution in [3.05, 3.63) is 41.0 Å². The number of likely N-dealkylation sites (N-methyl/N-ethyl adjacent to an activating group) is 1. The van der Waals surface area contributed by atoms with Crippen molar-refractivity contribution in [1.82, 2.24) is 20.2 Å². The highest BCUT2D eigenvalue weighted by Crippen LogP contribution is 2.46. The van der Waals surface area contributed by atoms with E-state index in [1.165, 1.54) is 11.3 Å². The Morgan fingerprint density at radius 1 is 1.23 bits per heavy atom. The van der Waals surface area contributed by atoms with Crippen molar-refractivity contribution in [1.29, 1.82) is 5.26 Å². The number of hydrogen-bond donors (Lipinski definition) is 2. The van der Waals surface area contributed by atoms with Crippen LogP contribution < -0.4 is 20.7 Å². The molecule has 0 radical (unpaired) electrons. The Morgan fingerprint density at radius 2 is 2.09 bits per heavy atom. The van der Waals surface area contributed by atoms with Crippen LogP contribution in [0.4, 0.5) is 19.6 Å². The molecule has 0 amide bonds. The molecule has 5 heterocycles. The van der Waals surface area contributed by atoms with Crippen molar-refractivity contribution >= 4 is 43.1 Å². The Morgan fingerprint density at radius 3 is 2.86 bits per heavy atom. The minimum absolute atomic E-state index is 0.0496. The Bertz CT molecular complexity index is 1790. The summed E-state index contributed by atoms with van der Waals surface area (Å²) < 4.78 is 40.7. The van der Waals surface area contributed by atoms with Crippen LogP contribution in [-0.2, 0) is 6.42 Å². The summed E-state index contributed by atoms with van der Waals surface area (Å²) in [7, 11) is 2.13. The fourth-order valence-electron chi connectivity index (χ4n) is 7.49. The summed E-state index contributed by atoms with van der Waals surface area (Å²) in [5.41, 5.74) is 6.83. The molecule has 0 spiro atoms. The zero-order valence-electron chi connectivity index (χ0n) is 24.5. The van der Waals surface area contributed by atoms with Gasteiger partial charge in [-0.3, -0.25) is 4.90 Å². The number of thiophene rings is 1. The largest absolute Gasteiger partial charge is 0.461 e. The lowest BCUT2D eigenvalue weighted by Gasteiger charge is -2.37. The van der Waals surface area contributed by atoms with Gasteiger partial charge in [0.2, 0.25) is 0 Å². The molecular formula is C32H35F2N7OS. The number of nitrogens with one attached hydrogen (secondary N) is 1. The van der Waals surface area contributed by atoms with Crippen molar-refractivity contribution < 1.29 is 13.5 Å². The summed E-state index contributed by atoms with van der Waals surface area (Å²) in [5.74, 6) is -0.879. The Labute approximate surface area is 253 Å². The second-order valence-corrected chi connectivity index (χ2v) is 13.1. The molecule has 4 aromatic rings. The average Bonchev–Trinajstić information content (AvgIpc) is 3.48. The zero-order valence-corrected chi connectivity index (χ0v) is 25.3. The van der Waals surface area contributed by atoms with Gasteiger partial charge in [0.1, 0.15) is 34.8 Å². The van der Waals surface area contributed by atoms with Gasteiger partial charge >= 0.3 is 6.01 Å². The van der Waals surface area contributed by atoms with Crippen molar-refractivity contribution in [2.75, 3.05) is 50.5 Å². The molecule has 2 saturated heterocycles. The number of ether oxygens (including phenoxy) is 1. The molecule has 7 rings (SSSR count). The third-order valence-corrected chi connectivity index (χ3v) is 10.7. The summed E-state index contributed by atoms with van der Waals surface area (Å²) in [6, 6.07) is 7.54. The second kappa shape index (κ2) is 10.8. The highest BCUT2D eigenvalue weighted by molar-refractivity contribution is 7.23. The number of likely N-dealkylation sites (tertiary alicyclic amines) is 1. The van der Waals surface area contributed by atoms with E-state index in [0.29, 0.717) is 63.4 Å². The zero-order chi connectivity index (χ0) is 29.9. The normalized spacial score (nSPS) is 22.1. The van der Waals surface area contributed by atoms with E-state index in [0.717, 1.165) is 45.3 Å². The minimum Gasteiger partial charge on any atom is -0.461 e. The van der Waals surface area contributed by atoms with Gasteiger partial charge in [0.05, 0.1) is 22.1 Å². The van der Waals surface area contributed by atoms with Gasteiger partial charge in [0, 0.05) is 41.3 Å². The molecule has 2 aromatic heterocycles. The standard InChI is InChI=1S/C32H35F2N7OS/c1-3-10-32(11-5-13-40(32)2)17-42-31-38-28-25-20(9-8-18-16-37-12-14-41(18)30(25)39-31)26(33)24(27(28)34)19-6-4-7-22-23(19)21(15-35)29(36)43-22/h4,6-7,18,37H,3,5,8-14,16-17,36H2,1-2H3. The first kappa shape index (κ1) is 28.2. The molecule has 11 heteroatoms. The van der Waals surface area contributed by atoms with E-state index >= 15 is 8.78 Å². The molecule has 224 valence electrons. The maximum atomic E-state index is 16.9. The summed E-state index contributed by atoms with van der Waals surface area (Å²) >= 11 is 1.24. The summed E-state index contributed by atoms with van der Waals surface area (Å²) in [6.07, 6.45) is 5.19. The van der Waals surface area contributed by atoms with Gasteiger partial charge in [-0.1, -0.05) is 25.5 Å². The van der Waals surface area contributed by atoms with Crippen LogP contribution in [0.2, 0.25) is 0 Å². The number of aromatic nitrogens is 2. The van der Waals surface area contributed by atoms with E-state index in [2.05, 4.69) is 40.1 Å². The lowest BCUT2D eigenvalue weighted by Crippen LogP contribution is -2.51. The molecule has 3 aliphatic rings. The number of nitriles is 1. The highest BCUT2D eigenvalue weighted by Gasteiger charge is 2.40. The molecule has 3 N–H and O–H groups in total. The van der Waals surface area contributed by atoms with E-state index < -0.39 is 11.6 Å². The molecule has 2 unspecified atom stereocenters. The predicted octanol–water partition coefficient (Wildman–Crippen LogP) is 5.61. The van der Waals surface area contributed by atoms with E-state index in [1.54, 1.807) is 12.1 Å². The highest BCUT2D eigenvalue weighted by atomic mass is 32.1. The first-order valence-corrected chi connectivity index (χ1v) is 15.9. The van der Waals surface area contributed by atoms with E-state index in [9.17, 15) is 5.26 Å². The van der Waals surface area contributed by atoms with Crippen molar-refractivity contribution in [2.24, 2.45) is 0 Å². The number of fused-ring (bicyclic) bond motifs is 3. The lowest BCUT2D eigenvalue weighted by atomic mass is 9.92. The quantitative estimate of drug-likeness (QED) is 0.293. The monoisotopic (exact) mass is 603 g/mol. The van der Waals surface area contributed by atoms with Gasteiger partial charge in [0.25, 0.3) is 0 Å². The predicted molar refractivity (Wildman–Crippen MR) is 167 cm³/mol. The van der Waals surface area contributed by atoms with Crippen LogP contribution in [0.25, 0.3) is 32.1 Å².